The number of ketones is 1. The van der Waals surface area contributed by atoms with Gasteiger partial charge >= 0.3 is 5.97 Å². The summed E-state index contributed by atoms with van der Waals surface area (Å²) in [5, 5.41) is 8.81. The summed E-state index contributed by atoms with van der Waals surface area (Å²) in [6, 6.07) is 0. The Labute approximate surface area is 88.6 Å². The third-order valence-corrected chi connectivity index (χ3v) is 3.65. The normalized spacial score (nSPS) is 37.4. The topological polar surface area (TPSA) is 63.6 Å². The molecule has 0 amide bonds. The minimum Gasteiger partial charge on any atom is -0.479 e. The van der Waals surface area contributed by atoms with E-state index < -0.39 is 17.7 Å². The molecule has 1 saturated carbocycles. The van der Waals surface area contributed by atoms with Gasteiger partial charge in [-0.1, -0.05) is 12.8 Å². The quantitative estimate of drug-likeness (QED) is 0.702. The number of carbonyl (C=O) groups excluding carboxylic acids is 1. The summed E-state index contributed by atoms with van der Waals surface area (Å²) in [4.78, 5) is 22.3. The van der Waals surface area contributed by atoms with E-state index in [1.807, 2.05) is 6.92 Å². The second kappa shape index (κ2) is 3.59. The van der Waals surface area contributed by atoms with Gasteiger partial charge in [-0.25, -0.2) is 4.79 Å². The van der Waals surface area contributed by atoms with Crippen LogP contribution in [0.3, 0.4) is 0 Å². The first-order chi connectivity index (χ1) is 7.03. The highest BCUT2D eigenvalue weighted by molar-refractivity contribution is 6.03. The first kappa shape index (κ1) is 10.6. The van der Waals surface area contributed by atoms with Crippen LogP contribution in [0.4, 0.5) is 0 Å². The van der Waals surface area contributed by atoms with Crippen LogP contribution in [-0.2, 0) is 14.3 Å². The maximum absolute atomic E-state index is 11.5. The van der Waals surface area contributed by atoms with E-state index in [4.69, 9.17) is 9.84 Å². The number of hydrogen-bond acceptors (Lipinski definition) is 3. The van der Waals surface area contributed by atoms with Gasteiger partial charge in [0, 0.05) is 6.42 Å². The molecule has 0 spiro atoms. The van der Waals surface area contributed by atoms with Crippen LogP contribution in [0.2, 0.25) is 0 Å². The van der Waals surface area contributed by atoms with E-state index in [0.717, 1.165) is 25.7 Å². The van der Waals surface area contributed by atoms with Gasteiger partial charge in [0.05, 0.1) is 5.60 Å². The fraction of sp³-hybridized carbons (Fsp3) is 0.818. The third kappa shape index (κ3) is 1.78. The van der Waals surface area contributed by atoms with Crippen molar-refractivity contribution in [2.75, 3.05) is 0 Å². The Morgan fingerprint density at radius 3 is 2.53 bits per heavy atom. The number of ether oxygens (including phenoxy) is 1. The number of hydrogen-bond donors (Lipinski definition) is 1. The monoisotopic (exact) mass is 212 g/mol. The highest BCUT2D eigenvalue weighted by atomic mass is 16.5. The van der Waals surface area contributed by atoms with Crippen LogP contribution >= 0.6 is 0 Å². The van der Waals surface area contributed by atoms with E-state index in [1.165, 1.54) is 0 Å². The first-order valence-electron chi connectivity index (χ1n) is 5.46. The lowest BCUT2D eigenvalue weighted by Crippen LogP contribution is -2.35. The van der Waals surface area contributed by atoms with Crippen molar-refractivity contribution >= 4 is 11.8 Å². The molecule has 0 aromatic rings. The fourth-order valence-corrected chi connectivity index (χ4v) is 2.78. The molecule has 84 valence electrons. The number of rotatable bonds is 2. The molecule has 1 aliphatic heterocycles. The average molecular weight is 212 g/mol. The van der Waals surface area contributed by atoms with Gasteiger partial charge in [-0.05, 0) is 25.7 Å². The Morgan fingerprint density at radius 2 is 2.07 bits per heavy atom. The zero-order valence-corrected chi connectivity index (χ0v) is 8.86. The molecule has 1 N–H and O–H groups in total. The minimum atomic E-state index is -1.23. The Hall–Kier alpha value is -0.900. The summed E-state index contributed by atoms with van der Waals surface area (Å²) in [7, 11) is 0. The van der Waals surface area contributed by atoms with Gasteiger partial charge in [-0.2, -0.15) is 0 Å². The first-order valence-corrected chi connectivity index (χ1v) is 5.46. The molecule has 0 aromatic carbocycles. The average Bonchev–Trinajstić information content (AvgIpc) is 2.73. The van der Waals surface area contributed by atoms with E-state index in [1.54, 1.807) is 0 Å². The summed E-state index contributed by atoms with van der Waals surface area (Å²) in [6.45, 7) is 1.88. The second-order valence-electron chi connectivity index (χ2n) is 4.77. The standard InChI is InChI=1S/C11H16O4/c1-11(7-4-2-3-5-7)6-8(12)9(15-11)10(13)14/h7,9H,2-6H2,1H3,(H,13,14). The molecule has 2 rings (SSSR count). The van der Waals surface area contributed by atoms with Gasteiger partial charge in [0.15, 0.2) is 5.78 Å². The van der Waals surface area contributed by atoms with Crippen molar-refractivity contribution in [2.45, 2.75) is 50.7 Å². The molecule has 2 fully saturated rings. The Balaban J connectivity index is 2.11. The molecule has 4 heteroatoms. The predicted octanol–water partition coefficient (Wildman–Crippen LogP) is 1.38. The largest absolute Gasteiger partial charge is 0.479 e. The SMILES string of the molecule is CC1(C2CCCC2)CC(=O)C(C(=O)O)O1. The molecule has 0 aromatic heterocycles. The van der Waals surface area contributed by atoms with Crippen molar-refractivity contribution in [2.24, 2.45) is 5.92 Å². The lowest BCUT2D eigenvalue weighted by atomic mass is 9.85. The van der Waals surface area contributed by atoms with Gasteiger partial charge in [-0.3, -0.25) is 4.79 Å². The van der Waals surface area contributed by atoms with Crippen LogP contribution in [0, 0.1) is 5.92 Å². The van der Waals surface area contributed by atoms with Crippen LogP contribution in [0.5, 0.6) is 0 Å². The lowest BCUT2D eigenvalue weighted by Gasteiger charge is -2.29. The summed E-state index contributed by atoms with van der Waals surface area (Å²) in [5.74, 6) is -1.08. The van der Waals surface area contributed by atoms with Crippen molar-refractivity contribution in [3.8, 4) is 0 Å². The fourth-order valence-electron chi connectivity index (χ4n) is 2.78. The van der Waals surface area contributed by atoms with Gasteiger partial charge in [0.25, 0.3) is 0 Å². The molecule has 0 radical (unpaired) electrons. The molecule has 15 heavy (non-hydrogen) atoms. The smallest absolute Gasteiger partial charge is 0.340 e. The molecular formula is C11H16O4. The third-order valence-electron chi connectivity index (χ3n) is 3.65. The second-order valence-corrected chi connectivity index (χ2v) is 4.77. The van der Waals surface area contributed by atoms with Gasteiger partial charge in [0.2, 0.25) is 6.10 Å². The van der Waals surface area contributed by atoms with Gasteiger partial charge in [-0.15, -0.1) is 0 Å². The molecule has 1 aliphatic carbocycles. The Morgan fingerprint density at radius 1 is 1.47 bits per heavy atom. The predicted molar refractivity (Wildman–Crippen MR) is 52.5 cm³/mol. The van der Waals surface area contributed by atoms with Crippen molar-refractivity contribution in [3.05, 3.63) is 0 Å². The molecule has 2 unspecified atom stereocenters. The summed E-state index contributed by atoms with van der Waals surface area (Å²) >= 11 is 0. The molecule has 1 saturated heterocycles. The van der Waals surface area contributed by atoms with Gasteiger partial charge < -0.3 is 9.84 Å². The molecule has 4 nitrogen and oxygen atoms in total. The molecular weight excluding hydrogens is 196 g/mol. The molecule has 1 heterocycles. The highest BCUT2D eigenvalue weighted by Crippen LogP contribution is 2.42. The van der Waals surface area contributed by atoms with Crippen LogP contribution in [-0.4, -0.2) is 28.6 Å². The van der Waals surface area contributed by atoms with Crippen LogP contribution < -0.4 is 0 Å². The summed E-state index contributed by atoms with van der Waals surface area (Å²) < 4.78 is 5.46. The number of carboxylic acid groups (broad SMARTS) is 1. The number of carboxylic acids is 1. The van der Waals surface area contributed by atoms with Crippen molar-refractivity contribution in [3.63, 3.8) is 0 Å². The molecule has 0 bridgehead atoms. The van der Waals surface area contributed by atoms with Crippen molar-refractivity contribution < 1.29 is 19.4 Å². The van der Waals surface area contributed by atoms with E-state index in [9.17, 15) is 9.59 Å². The lowest BCUT2D eigenvalue weighted by molar-refractivity contribution is -0.158. The minimum absolute atomic E-state index is 0.259. The van der Waals surface area contributed by atoms with Crippen LogP contribution in [0.15, 0.2) is 0 Å². The summed E-state index contributed by atoms with van der Waals surface area (Å²) in [6.07, 6.45) is 3.46. The van der Waals surface area contributed by atoms with E-state index >= 15 is 0 Å². The Bertz CT molecular complexity index is 293. The zero-order chi connectivity index (χ0) is 11.1. The molecule has 2 atom stereocenters. The van der Waals surface area contributed by atoms with Gasteiger partial charge in [0.1, 0.15) is 0 Å². The van der Waals surface area contributed by atoms with Crippen LogP contribution in [0.25, 0.3) is 0 Å². The summed E-state index contributed by atoms with van der Waals surface area (Å²) in [5.41, 5.74) is -0.531. The molecule has 2 aliphatic rings. The maximum atomic E-state index is 11.5. The van der Waals surface area contributed by atoms with Crippen molar-refractivity contribution in [1.82, 2.24) is 0 Å². The Kier molecular flexibility index (Phi) is 2.54. The number of Topliss-reactive ketones (excluding diaryl/α,β-unsaturated/α-hetero) is 1. The maximum Gasteiger partial charge on any atom is 0.340 e. The number of carbonyl (C=O) groups is 2. The van der Waals surface area contributed by atoms with E-state index in [-0.39, 0.29) is 12.2 Å². The highest BCUT2D eigenvalue weighted by Gasteiger charge is 2.50. The zero-order valence-electron chi connectivity index (χ0n) is 8.86. The van der Waals surface area contributed by atoms with E-state index in [0.29, 0.717) is 5.92 Å². The van der Waals surface area contributed by atoms with Crippen molar-refractivity contribution in [1.29, 1.82) is 0 Å². The number of aliphatic carboxylic acids is 1. The van der Waals surface area contributed by atoms with Crippen LogP contribution in [0.1, 0.15) is 39.0 Å². The van der Waals surface area contributed by atoms with E-state index in [2.05, 4.69) is 0 Å².